The van der Waals surface area contributed by atoms with Gasteiger partial charge in [0.25, 0.3) is 0 Å². The molecule has 170 valence electrons. The average molecular weight is 447 g/mol. The Hall–Kier alpha value is -1.83. The number of hydrogen-bond acceptors (Lipinski definition) is 6. The average Bonchev–Trinajstić information content (AvgIpc) is 2.79. The van der Waals surface area contributed by atoms with Gasteiger partial charge in [-0.25, -0.2) is 0 Å². The topological polar surface area (TPSA) is 82.9 Å². The van der Waals surface area contributed by atoms with Crippen molar-refractivity contribution in [3.8, 4) is 5.75 Å². The lowest BCUT2D eigenvalue weighted by atomic mass is 9.79. The molecule has 2 aromatic rings. The fraction of sp³-hybridized carbons (Fsp3) is 0.583. The first-order valence-electron chi connectivity index (χ1n) is 11.1. The minimum absolute atomic E-state index is 0.217. The number of piperidine rings is 1. The predicted octanol–water partition coefficient (Wildman–Crippen LogP) is 4.22. The SMILES string of the molecule is COc1ccc2nccc([C@@H](O)CCC3CCN(CCSC)CC3CCC(=O)O)c2c1. The van der Waals surface area contributed by atoms with Crippen LogP contribution in [0.2, 0.25) is 0 Å². The molecule has 1 aromatic heterocycles. The number of aromatic nitrogens is 1. The van der Waals surface area contributed by atoms with Crippen LogP contribution in [-0.2, 0) is 4.79 Å². The maximum atomic E-state index is 11.2. The lowest BCUT2D eigenvalue weighted by Crippen LogP contribution is -2.41. The monoisotopic (exact) mass is 446 g/mol. The summed E-state index contributed by atoms with van der Waals surface area (Å²) >= 11 is 1.85. The van der Waals surface area contributed by atoms with Crippen LogP contribution in [0.4, 0.5) is 0 Å². The Morgan fingerprint density at radius 1 is 1.32 bits per heavy atom. The van der Waals surface area contributed by atoms with E-state index in [-0.39, 0.29) is 6.42 Å². The second-order valence-electron chi connectivity index (χ2n) is 8.41. The number of carboxylic acid groups (broad SMARTS) is 1. The summed E-state index contributed by atoms with van der Waals surface area (Å²) in [6.07, 6.45) is 6.84. The highest BCUT2D eigenvalue weighted by molar-refractivity contribution is 7.98. The molecule has 1 aromatic carbocycles. The van der Waals surface area contributed by atoms with Crippen molar-refractivity contribution in [3.05, 3.63) is 36.0 Å². The molecule has 0 saturated carbocycles. The zero-order valence-corrected chi connectivity index (χ0v) is 19.3. The summed E-state index contributed by atoms with van der Waals surface area (Å²) in [5.74, 6) is 1.95. The quantitative estimate of drug-likeness (QED) is 0.535. The Labute approximate surface area is 189 Å². The molecule has 2 heterocycles. The zero-order valence-electron chi connectivity index (χ0n) is 18.5. The van der Waals surface area contributed by atoms with Gasteiger partial charge in [0.05, 0.1) is 18.7 Å². The molecule has 0 amide bonds. The molecule has 7 heteroatoms. The van der Waals surface area contributed by atoms with Gasteiger partial charge in [-0.2, -0.15) is 11.8 Å². The van der Waals surface area contributed by atoms with E-state index in [1.54, 1.807) is 13.3 Å². The van der Waals surface area contributed by atoms with Crippen molar-refractivity contribution >= 4 is 28.6 Å². The number of thioether (sulfide) groups is 1. The smallest absolute Gasteiger partial charge is 0.303 e. The first-order valence-corrected chi connectivity index (χ1v) is 12.4. The number of ether oxygens (including phenoxy) is 1. The molecular weight excluding hydrogens is 412 g/mol. The lowest BCUT2D eigenvalue weighted by Gasteiger charge is -2.39. The molecule has 1 aliphatic heterocycles. The molecule has 31 heavy (non-hydrogen) atoms. The van der Waals surface area contributed by atoms with Crippen LogP contribution >= 0.6 is 11.8 Å². The van der Waals surface area contributed by atoms with E-state index >= 15 is 0 Å². The molecule has 1 saturated heterocycles. The third-order valence-electron chi connectivity index (χ3n) is 6.47. The van der Waals surface area contributed by atoms with E-state index < -0.39 is 12.1 Å². The van der Waals surface area contributed by atoms with Gasteiger partial charge in [0, 0.05) is 36.8 Å². The first-order chi connectivity index (χ1) is 15.0. The first kappa shape index (κ1) is 23.8. The van der Waals surface area contributed by atoms with E-state index in [0.29, 0.717) is 24.7 Å². The van der Waals surface area contributed by atoms with Crippen LogP contribution in [0.25, 0.3) is 10.9 Å². The highest BCUT2D eigenvalue weighted by atomic mass is 32.2. The largest absolute Gasteiger partial charge is 0.497 e. The Morgan fingerprint density at radius 2 is 2.16 bits per heavy atom. The van der Waals surface area contributed by atoms with E-state index in [1.165, 1.54) is 0 Å². The molecule has 2 N–H and O–H groups in total. The number of carbonyl (C=O) groups is 1. The number of likely N-dealkylation sites (tertiary alicyclic amines) is 1. The lowest BCUT2D eigenvalue weighted by molar-refractivity contribution is -0.137. The van der Waals surface area contributed by atoms with Crippen molar-refractivity contribution in [1.82, 2.24) is 9.88 Å². The fourth-order valence-electron chi connectivity index (χ4n) is 4.69. The Bertz CT molecular complexity index is 863. The van der Waals surface area contributed by atoms with Gasteiger partial charge in [-0.3, -0.25) is 9.78 Å². The van der Waals surface area contributed by atoms with Crippen LogP contribution in [0.15, 0.2) is 30.5 Å². The van der Waals surface area contributed by atoms with Crippen molar-refractivity contribution in [3.63, 3.8) is 0 Å². The highest BCUT2D eigenvalue weighted by Gasteiger charge is 2.30. The summed E-state index contributed by atoms with van der Waals surface area (Å²) in [7, 11) is 1.64. The third kappa shape index (κ3) is 6.57. The Balaban J connectivity index is 1.66. The van der Waals surface area contributed by atoms with Gasteiger partial charge in [-0.05, 0) is 80.1 Å². The van der Waals surface area contributed by atoms with Crippen LogP contribution in [0, 0.1) is 11.8 Å². The van der Waals surface area contributed by atoms with Gasteiger partial charge < -0.3 is 19.8 Å². The van der Waals surface area contributed by atoms with Crippen molar-refractivity contribution in [2.75, 3.05) is 38.8 Å². The highest BCUT2D eigenvalue weighted by Crippen LogP contribution is 2.35. The van der Waals surface area contributed by atoms with Gasteiger partial charge in [0.2, 0.25) is 0 Å². The minimum atomic E-state index is -0.725. The molecule has 0 spiro atoms. The van der Waals surface area contributed by atoms with Crippen LogP contribution in [0.5, 0.6) is 5.75 Å². The number of carboxylic acids is 1. The van der Waals surface area contributed by atoms with Crippen LogP contribution < -0.4 is 4.74 Å². The van der Waals surface area contributed by atoms with Crippen molar-refractivity contribution in [1.29, 1.82) is 0 Å². The summed E-state index contributed by atoms with van der Waals surface area (Å²) in [4.78, 5) is 18.0. The summed E-state index contributed by atoms with van der Waals surface area (Å²) in [5.41, 5.74) is 1.72. The number of hydrogen-bond donors (Lipinski definition) is 2. The second-order valence-corrected chi connectivity index (χ2v) is 9.40. The van der Waals surface area contributed by atoms with E-state index in [9.17, 15) is 15.0 Å². The molecule has 0 bridgehead atoms. The van der Waals surface area contributed by atoms with Crippen molar-refractivity contribution in [2.24, 2.45) is 11.8 Å². The van der Waals surface area contributed by atoms with Gasteiger partial charge in [-0.1, -0.05) is 0 Å². The molecule has 0 radical (unpaired) electrons. The van der Waals surface area contributed by atoms with E-state index in [1.807, 2.05) is 36.0 Å². The van der Waals surface area contributed by atoms with E-state index in [4.69, 9.17) is 4.74 Å². The molecule has 3 rings (SSSR count). The van der Waals surface area contributed by atoms with E-state index in [0.717, 1.165) is 60.4 Å². The van der Waals surface area contributed by atoms with Crippen molar-refractivity contribution < 1.29 is 19.7 Å². The van der Waals surface area contributed by atoms with Gasteiger partial charge in [-0.15, -0.1) is 0 Å². The van der Waals surface area contributed by atoms with Gasteiger partial charge in [0.15, 0.2) is 0 Å². The number of aliphatic hydroxyl groups excluding tert-OH is 1. The molecule has 1 aliphatic rings. The number of aliphatic carboxylic acids is 1. The Morgan fingerprint density at radius 3 is 2.90 bits per heavy atom. The van der Waals surface area contributed by atoms with Crippen molar-refractivity contribution in [2.45, 2.75) is 38.2 Å². The van der Waals surface area contributed by atoms with Crippen LogP contribution in [0.1, 0.15) is 43.8 Å². The maximum Gasteiger partial charge on any atom is 0.303 e. The summed E-state index contributed by atoms with van der Waals surface area (Å²) < 4.78 is 5.35. The van der Waals surface area contributed by atoms with Crippen LogP contribution in [0.3, 0.4) is 0 Å². The van der Waals surface area contributed by atoms with Gasteiger partial charge in [0.1, 0.15) is 5.75 Å². The second kappa shape index (κ2) is 11.7. The van der Waals surface area contributed by atoms with Gasteiger partial charge >= 0.3 is 5.97 Å². The van der Waals surface area contributed by atoms with Crippen LogP contribution in [-0.4, -0.2) is 64.8 Å². The standard InChI is InChI=1S/C24H34N2O4S/c1-30-19-5-6-22-21(15-19)20(9-11-25-22)23(27)7-3-17-10-12-26(13-14-31-2)16-18(17)4-8-24(28)29/h5-6,9,11,15,17-18,23,27H,3-4,7-8,10,12-14,16H2,1-2H3,(H,28,29)/t17?,18?,23-/m0/s1. The molecular formula is C24H34N2O4S. The molecule has 3 atom stereocenters. The number of benzene rings is 1. The molecule has 1 fully saturated rings. The third-order valence-corrected chi connectivity index (χ3v) is 7.06. The molecule has 2 unspecified atom stereocenters. The predicted molar refractivity (Wildman–Crippen MR) is 126 cm³/mol. The Kier molecular flexibility index (Phi) is 8.99. The minimum Gasteiger partial charge on any atom is -0.497 e. The number of nitrogens with zero attached hydrogens (tertiary/aromatic N) is 2. The summed E-state index contributed by atoms with van der Waals surface area (Å²) in [6.45, 7) is 3.08. The molecule has 6 nitrogen and oxygen atoms in total. The normalized spacial score (nSPS) is 20.6. The number of pyridine rings is 1. The number of methoxy groups -OCH3 is 1. The number of rotatable bonds is 11. The summed E-state index contributed by atoms with van der Waals surface area (Å²) in [6, 6.07) is 7.61. The summed E-state index contributed by atoms with van der Waals surface area (Å²) in [5, 5.41) is 21.1. The number of fused-ring (bicyclic) bond motifs is 1. The fourth-order valence-corrected chi connectivity index (χ4v) is 5.13. The number of aliphatic hydroxyl groups is 1. The zero-order chi connectivity index (χ0) is 22.2. The molecule has 0 aliphatic carbocycles. The van der Waals surface area contributed by atoms with E-state index in [2.05, 4.69) is 16.1 Å². The maximum absolute atomic E-state index is 11.2.